The van der Waals surface area contributed by atoms with Gasteiger partial charge in [-0.3, -0.25) is 19.2 Å². The van der Waals surface area contributed by atoms with E-state index in [1.54, 1.807) is 6.07 Å². The van der Waals surface area contributed by atoms with Gasteiger partial charge in [-0.05, 0) is 66.8 Å². The molecule has 3 atom stereocenters. The molecule has 0 aliphatic heterocycles. The topological polar surface area (TPSA) is 149 Å². The summed E-state index contributed by atoms with van der Waals surface area (Å²) in [5.74, 6) is -6.29. The van der Waals surface area contributed by atoms with Crippen LogP contribution in [0.3, 0.4) is 0 Å². The van der Waals surface area contributed by atoms with E-state index in [4.69, 9.17) is 0 Å². The van der Waals surface area contributed by atoms with Gasteiger partial charge >= 0.3 is 0 Å². The zero-order chi connectivity index (χ0) is 28.5. The Bertz CT molecular complexity index is 1540. The van der Waals surface area contributed by atoms with Gasteiger partial charge in [-0.25, -0.2) is 0 Å². The fourth-order valence-corrected chi connectivity index (χ4v) is 6.37. The Morgan fingerprint density at radius 1 is 0.974 bits per heavy atom. The highest BCUT2D eigenvalue weighted by Crippen LogP contribution is 2.53. The maximum Gasteiger partial charge on any atom is 0.202 e. The molecule has 0 spiro atoms. The van der Waals surface area contributed by atoms with Crippen LogP contribution in [0.1, 0.15) is 73.5 Å². The number of allylic oxidation sites excluding steroid dienone is 1. The summed E-state index contributed by atoms with van der Waals surface area (Å²) in [6.45, 7) is 6.49. The molecule has 0 heterocycles. The lowest BCUT2D eigenvalue weighted by atomic mass is 9.59. The number of fused-ring (bicyclic) bond motifs is 3. The third-order valence-electron chi connectivity index (χ3n) is 8.44. The number of phenols is 1. The molecule has 0 radical (unpaired) electrons. The highest BCUT2D eigenvalue weighted by atomic mass is 16.3. The van der Waals surface area contributed by atoms with E-state index in [1.165, 1.54) is 6.92 Å². The van der Waals surface area contributed by atoms with Crippen molar-refractivity contribution >= 4 is 28.9 Å². The number of aliphatic hydroxyl groups excluding tert-OH is 2. The van der Waals surface area contributed by atoms with Crippen molar-refractivity contribution in [2.24, 2.45) is 11.8 Å². The lowest BCUT2D eigenvalue weighted by molar-refractivity contribution is -0.147. The van der Waals surface area contributed by atoms with Crippen molar-refractivity contribution in [3.63, 3.8) is 0 Å². The molecule has 2 aromatic carbocycles. The predicted octanol–water partition coefficient (Wildman–Crippen LogP) is 4.52. The molecule has 5 rings (SSSR count). The quantitative estimate of drug-likeness (QED) is 0.333. The number of phenolic OH excluding ortho intramolecular Hbond substituents is 1. The minimum Gasteiger partial charge on any atom is -0.508 e. The third-order valence-corrected chi connectivity index (χ3v) is 8.44. The van der Waals surface area contributed by atoms with Crippen LogP contribution in [0, 0.1) is 11.8 Å². The first-order valence-electron chi connectivity index (χ1n) is 13.0. The zero-order valence-electron chi connectivity index (χ0n) is 22.2. The second-order valence-electron chi connectivity index (χ2n) is 11.1. The molecule has 3 aliphatic rings. The summed E-state index contributed by atoms with van der Waals surface area (Å²) < 4.78 is 0. The maximum absolute atomic E-state index is 13.8. The van der Waals surface area contributed by atoms with E-state index in [1.807, 2.05) is 24.3 Å². The SMILES string of the molecule is CC(=O)C1=C(O)C2(O)C(=O)C3=C(O)c4c(O)c(C(C)=O)cc(-c5ccc(C(C)C)cc5)c4CC3CC2CC1=O. The summed E-state index contributed by atoms with van der Waals surface area (Å²) in [7, 11) is 0. The van der Waals surface area contributed by atoms with Crippen molar-refractivity contribution in [2.45, 2.75) is 58.5 Å². The van der Waals surface area contributed by atoms with Crippen LogP contribution in [0.25, 0.3) is 16.9 Å². The van der Waals surface area contributed by atoms with Crippen LogP contribution in [0.5, 0.6) is 5.75 Å². The molecule has 39 heavy (non-hydrogen) atoms. The Morgan fingerprint density at radius 3 is 2.18 bits per heavy atom. The number of carbonyl (C=O) groups is 4. The van der Waals surface area contributed by atoms with Crippen LogP contribution in [0.15, 0.2) is 47.2 Å². The van der Waals surface area contributed by atoms with E-state index in [9.17, 15) is 39.6 Å². The molecule has 8 nitrogen and oxygen atoms in total. The monoisotopic (exact) mass is 530 g/mol. The van der Waals surface area contributed by atoms with E-state index in [0.29, 0.717) is 17.0 Å². The van der Waals surface area contributed by atoms with Crippen LogP contribution in [-0.2, 0) is 20.8 Å². The average molecular weight is 531 g/mol. The average Bonchev–Trinajstić information content (AvgIpc) is 2.86. The molecule has 2 aromatic rings. The van der Waals surface area contributed by atoms with Crippen molar-refractivity contribution in [3.8, 4) is 16.9 Å². The third kappa shape index (κ3) is 3.77. The van der Waals surface area contributed by atoms with Crippen molar-refractivity contribution < 1.29 is 39.6 Å². The first-order valence-corrected chi connectivity index (χ1v) is 13.0. The lowest BCUT2D eigenvalue weighted by Crippen LogP contribution is -2.57. The lowest BCUT2D eigenvalue weighted by Gasteiger charge is -2.46. The van der Waals surface area contributed by atoms with E-state index < -0.39 is 63.4 Å². The van der Waals surface area contributed by atoms with Crippen molar-refractivity contribution in [1.82, 2.24) is 0 Å². The standard InChI is InChI=1S/C31H30O8/c1-13(2)16-5-7-17(8-6-16)21-12-20(14(3)32)27(35)26-22(21)10-18-9-19-11-23(34)24(15(4)33)29(37)31(19,39)30(38)25(18)28(26)36/h5-8,12-13,18-19,35-37,39H,9-11H2,1-4H3. The number of benzene rings is 2. The molecule has 0 aromatic heterocycles. The molecule has 3 unspecified atom stereocenters. The Morgan fingerprint density at radius 2 is 1.62 bits per heavy atom. The van der Waals surface area contributed by atoms with Gasteiger partial charge in [-0.2, -0.15) is 0 Å². The van der Waals surface area contributed by atoms with Crippen LogP contribution >= 0.6 is 0 Å². The molecule has 0 amide bonds. The number of Topliss-reactive ketones (excluding diaryl/α,β-unsaturated/α-hetero) is 4. The Hall–Kier alpha value is -4.04. The van der Waals surface area contributed by atoms with E-state index in [2.05, 4.69) is 13.8 Å². The summed E-state index contributed by atoms with van der Waals surface area (Å²) in [4.78, 5) is 50.9. The first kappa shape index (κ1) is 26.6. The number of aromatic hydroxyl groups is 1. The smallest absolute Gasteiger partial charge is 0.202 e. The van der Waals surface area contributed by atoms with E-state index in [-0.39, 0.29) is 36.0 Å². The molecule has 1 saturated carbocycles. The predicted molar refractivity (Wildman–Crippen MR) is 142 cm³/mol. The number of ketones is 4. The molecular formula is C31H30O8. The van der Waals surface area contributed by atoms with Gasteiger partial charge in [0.2, 0.25) is 5.78 Å². The fourth-order valence-electron chi connectivity index (χ4n) is 6.37. The highest BCUT2D eigenvalue weighted by Gasteiger charge is 2.60. The molecule has 3 aliphatic carbocycles. The van der Waals surface area contributed by atoms with Gasteiger partial charge in [-0.15, -0.1) is 0 Å². The van der Waals surface area contributed by atoms with Gasteiger partial charge in [0.15, 0.2) is 23.0 Å². The number of carbonyl (C=O) groups excluding carboxylic acids is 4. The van der Waals surface area contributed by atoms with Crippen molar-refractivity contribution in [1.29, 1.82) is 0 Å². The second-order valence-corrected chi connectivity index (χ2v) is 11.1. The summed E-state index contributed by atoms with van der Waals surface area (Å²) in [5.41, 5.74) is -0.480. The molecule has 4 N–H and O–H groups in total. The Kier molecular flexibility index (Phi) is 6.14. The minimum atomic E-state index is -2.56. The van der Waals surface area contributed by atoms with Gasteiger partial charge < -0.3 is 20.4 Å². The molecule has 0 bridgehead atoms. The number of hydrogen-bond donors (Lipinski definition) is 4. The first-order chi connectivity index (χ1) is 18.3. The normalized spacial score (nSPS) is 24.5. The Balaban J connectivity index is 1.75. The highest BCUT2D eigenvalue weighted by molar-refractivity contribution is 6.23. The van der Waals surface area contributed by atoms with Gasteiger partial charge in [-0.1, -0.05) is 38.1 Å². The largest absolute Gasteiger partial charge is 0.508 e. The van der Waals surface area contributed by atoms with Gasteiger partial charge in [0.25, 0.3) is 0 Å². The summed E-state index contributed by atoms with van der Waals surface area (Å²) in [6.07, 6.45) is -0.0576. The zero-order valence-corrected chi connectivity index (χ0v) is 22.2. The summed E-state index contributed by atoms with van der Waals surface area (Å²) in [5, 5.41) is 44.8. The molecule has 202 valence electrons. The molecule has 8 heteroatoms. The Labute approximate surface area is 225 Å². The van der Waals surface area contributed by atoms with Crippen LogP contribution in [0.4, 0.5) is 0 Å². The maximum atomic E-state index is 13.8. The fraction of sp³-hybridized carbons (Fsp3) is 0.355. The van der Waals surface area contributed by atoms with Gasteiger partial charge in [0, 0.05) is 17.9 Å². The van der Waals surface area contributed by atoms with E-state index >= 15 is 0 Å². The van der Waals surface area contributed by atoms with Crippen LogP contribution in [0.2, 0.25) is 0 Å². The summed E-state index contributed by atoms with van der Waals surface area (Å²) >= 11 is 0. The molecular weight excluding hydrogens is 500 g/mol. The van der Waals surface area contributed by atoms with Crippen molar-refractivity contribution in [2.75, 3.05) is 0 Å². The van der Waals surface area contributed by atoms with Gasteiger partial charge in [0.1, 0.15) is 22.8 Å². The minimum absolute atomic E-state index is 0.0352. The second kappa shape index (κ2) is 9.02. The number of hydrogen-bond acceptors (Lipinski definition) is 8. The molecule has 1 fully saturated rings. The van der Waals surface area contributed by atoms with Crippen LogP contribution < -0.4 is 0 Å². The van der Waals surface area contributed by atoms with Crippen molar-refractivity contribution in [3.05, 3.63) is 69.5 Å². The van der Waals surface area contributed by atoms with E-state index in [0.717, 1.165) is 18.1 Å². The summed E-state index contributed by atoms with van der Waals surface area (Å²) in [6, 6.07) is 9.32. The number of aliphatic hydroxyl groups is 3. The molecule has 0 saturated heterocycles. The van der Waals surface area contributed by atoms with Gasteiger partial charge in [0.05, 0.1) is 11.1 Å². The van der Waals surface area contributed by atoms with Crippen LogP contribution in [-0.4, -0.2) is 49.2 Å². The number of rotatable bonds is 4.